The fourth-order valence-corrected chi connectivity index (χ4v) is 1.93. The Balaban J connectivity index is 2.23. The monoisotopic (exact) mass is 279 g/mol. The number of para-hydroxylation sites is 1. The van der Waals surface area contributed by atoms with Gasteiger partial charge in [-0.3, -0.25) is 4.79 Å². The third-order valence-corrected chi connectivity index (χ3v) is 3.02. The second-order valence-electron chi connectivity index (χ2n) is 4.59. The number of nitrogens with one attached hydrogen (secondary N) is 1. The van der Waals surface area contributed by atoms with Crippen molar-refractivity contribution in [2.45, 2.75) is 13.3 Å². The Morgan fingerprint density at radius 3 is 2.62 bits per heavy atom. The standard InChI is InChI=1S/C18H17NO2/c1-14-8-2-4-11-16(14)18(21)19-17-12-5-3-9-15(17)10-6-7-13-20/h2-5,8-9,11-12,20H,7,13H2,1H3,(H,19,21). The molecule has 2 aromatic rings. The molecule has 3 nitrogen and oxygen atoms in total. The molecule has 0 aliphatic rings. The number of hydrogen-bond acceptors (Lipinski definition) is 2. The lowest BCUT2D eigenvalue weighted by molar-refractivity contribution is 0.102. The number of rotatable bonds is 3. The van der Waals surface area contributed by atoms with E-state index < -0.39 is 0 Å². The lowest BCUT2D eigenvalue weighted by Crippen LogP contribution is -2.14. The van der Waals surface area contributed by atoms with Crippen LogP contribution in [-0.2, 0) is 0 Å². The Bertz CT molecular complexity index is 696. The topological polar surface area (TPSA) is 49.3 Å². The van der Waals surface area contributed by atoms with Crippen molar-refractivity contribution in [3.8, 4) is 11.8 Å². The highest BCUT2D eigenvalue weighted by molar-refractivity contribution is 6.05. The van der Waals surface area contributed by atoms with Crippen molar-refractivity contribution < 1.29 is 9.90 Å². The van der Waals surface area contributed by atoms with Crippen LogP contribution in [0, 0.1) is 18.8 Å². The largest absolute Gasteiger partial charge is 0.395 e. The van der Waals surface area contributed by atoms with Gasteiger partial charge in [-0.2, -0.15) is 0 Å². The van der Waals surface area contributed by atoms with Gasteiger partial charge in [-0.05, 0) is 30.7 Å². The van der Waals surface area contributed by atoms with Gasteiger partial charge in [0.05, 0.1) is 12.3 Å². The van der Waals surface area contributed by atoms with E-state index in [2.05, 4.69) is 17.2 Å². The fraction of sp³-hybridized carbons (Fsp3) is 0.167. The summed E-state index contributed by atoms with van der Waals surface area (Å²) in [6.07, 6.45) is 0.417. The molecule has 0 radical (unpaired) electrons. The van der Waals surface area contributed by atoms with Crippen molar-refractivity contribution in [2.75, 3.05) is 11.9 Å². The minimum absolute atomic E-state index is 0.0325. The Kier molecular flexibility index (Phi) is 5.14. The molecule has 0 fully saturated rings. The Morgan fingerprint density at radius 1 is 1.14 bits per heavy atom. The molecule has 106 valence electrons. The number of aryl methyl sites for hydroxylation is 1. The van der Waals surface area contributed by atoms with Gasteiger partial charge in [0.15, 0.2) is 0 Å². The van der Waals surface area contributed by atoms with Crippen LogP contribution in [0.15, 0.2) is 48.5 Å². The van der Waals surface area contributed by atoms with Crippen molar-refractivity contribution in [3.63, 3.8) is 0 Å². The number of hydrogen-bond donors (Lipinski definition) is 2. The van der Waals surface area contributed by atoms with E-state index in [-0.39, 0.29) is 12.5 Å². The van der Waals surface area contributed by atoms with E-state index in [1.54, 1.807) is 6.07 Å². The van der Waals surface area contributed by atoms with Crippen LogP contribution < -0.4 is 5.32 Å². The average molecular weight is 279 g/mol. The molecular weight excluding hydrogens is 262 g/mol. The summed E-state index contributed by atoms with van der Waals surface area (Å²) in [5.41, 5.74) is 3.00. The van der Waals surface area contributed by atoms with Crippen LogP contribution in [0.4, 0.5) is 5.69 Å². The molecule has 21 heavy (non-hydrogen) atoms. The van der Waals surface area contributed by atoms with Gasteiger partial charge in [-0.15, -0.1) is 0 Å². The molecule has 0 aliphatic carbocycles. The maximum absolute atomic E-state index is 12.3. The number of carbonyl (C=O) groups excluding carboxylic acids is 1. The first-order valence-electron chi connectivity index (χ1n) is 6.78. The van der Waals surface area contributed by atoms with Gasteiger partial charge in [0.1, 0.15) is 0 Å². The van der Waals surface area contributed by atoms with Gasteiger partial charge in [-0.25, -0.2) is 0 Å². The second-order valence-corrected chi connectivity index (χ2v) is 4.59. The summed E-state index contributed by atoms with van der Waals surface area (Å²) in [5, 5.41) is 11.7. The van der Waals surface area contributed by atoms with Crippen molar-refractivity contribution in [3.05, 3.63) is 65.2 Å². The summed E-state index contributed by atoms with van der Waals surface area (Å²) in [4.78, 5) is 12.3. The van der Waals surface area contributed by atoms with Gasteiger partial charge in [0.2, 0.25) is 0 Å². The summed E-state index contributed by atoms with van der Waals surface area (Å²) >= 11 is 0. The summed E-state index contributed by atoms with van der Waals surface area (Å²) in [6.45, 7) is 1.94. The number of aliphatic hydroxyl groups is 1. The van der Waals surface area contributed by atoms with E-state index in [1.165, 1.54) is 0 Å². The average Bonchev–Trinajstić information content (AvgIpc) is 2.49. The zero-order valence-electron chi connectivity index (χ0n) is 11.9. The summed E-state index contributed by atoms with van der Waals surface area (Å²) in [7, 11) is 0. The highest BCUT2D eigenvalue weighted by atomic mass is 16.2. The Hall–Kier alpha value is -2.57. The van der Waals surface area contributed by atoms with Crippen LogP contribution in [0.1, 0.15) is 27.9 Å². The first kappa shape index (κ1) is 14.8. The summed E-state index contributed by atoms with van der Waals surface area (Å²) < 4.78 is 0. The van der Waals surface area contributed by atoms with E-state index in [4.69, 9.17) is 5.11 Å². The number of benzene rings is 2. The molecule has 0 saturated carbocycles. The second kappa shape index (κ2) is 7.28. The van der Waals surface area contributed by atoms with Gasteiger partial charge < -0.3 is 10.4 Å². The van der Waals surface area contributed by atoms with Crippen molar-refractivity contribution in [1.29, 1.82) is 0 Å². The number of amides is 1. The molecule has 1 amide bonds. The third-order valence-electron chi connectivity index (χ3n) is 3.02. The number of carbonyl (C=O) groups is 1. The van der Waals surface area contributed by atoms with E-state index >= 15 is 0 Å². The predicted octanol–water partition coefficient (Wildman–Crippen LogP) is 2.98. The molecule has 2 rings (SSSR count). The van der Waals surface area contributed by atoms with E-state index in [0.29, 0.717) is 17.7 Å². The van der Waals surface area contributed by atoms with E-state index in [9.17, 15) is 4.79 Å². The molecule has 0 bridgehead atoms. The molecule has 0 aliphatic heterocycles. The van der Waals surface area contributed by atoms with Gasteiger partial charge in [0, 0.05) is 17.5 Å². The SMILES string of the molecule is Cc1ccccc1C(=O)Nc1ccccc1C#CCCO. The number of anilines is 1. The number of aliphatic hydroxyl groups excluding tert-OH is 1. The molecule has 2 N–H and O–H groups in total. The van der Waals surface area contributed by atoms with Crippen molar-refractivity contribution >= 4 is 11.6 Å². The van der Waals surface area contributed by atoms with E-state index in [1.807, 2.05) is 49.4 Å². The van der Waals surface area contributed by atoms with Crippen molar-refractivity contribution in [1.82, 2.24) is 0 Å². The minimum Gasteiger partial charge on any atom is -0.395 e. The normalized spacial score (nSPS) is 9.62. The maximum Gasteiger partial charge on any atom is 0.255 e. The molecule has 0 saturated heterocycles. The van der Waals surface area contributed by atoms with Crippen LogP contribution in [-0.4, -0.2) is 17.6 Å². The fourth-order valence-electron chi connectivity index (χ4n) is 1.93. The third kappa shape index (κ3) is 3.95. The van der Waals surface area contributed by atoms with Gasteiger partial charge >= 0.3 is 0 Å². The highest BCUT2D eigenvalue weighted by Gasteiger charge is 2.09. The molecule has 0 spiro atoms. The summed E-state index contributed by atoms with van der Waals surface area (Å²) in [6, 6.07) is 14.8. The Morgan fingerprint density at radius 2 is 1.86 bits per heavy atom. The lowest BCUT2D eigenvalue weighted by atomic mass is 10.1. The smallest absolute Gasteiger partial charge is 0.255 e. The lowest BCUT2D eigenvalue weighted by Gasteiger charge is -2.09. The first-order chi connectivity index (χ1) is 10.2. The first-order valence-corrected chi connectivity index (χ1v) is 6.78. The zero-order valence-corrected chi connectivity index (χ0v) is 11.9. The van der Waals surface area contributed by atoms with Crippen LogP contribution in [0.25, 0.3) is 0 Å². The highest BCUT2D eigenvalue weighted by Crippen LogP contribution is 2.16. The van der Waals surface area contributed by atoms with Crippen molar-refractivity contribution in [2.24, 2.45) is 0 Å². The van der Waals surface area contributed by atoms with E-state index in [0.717, 1.165) is 11.1 Å². The molecule has 0 heterocycles. The van der Waals surface area contributed by atoms with Crippen LogP contribution in [0.2, 0.25) is 0 Å². The molecule has 0 atom stereocenters. The predicted molar refractivity (Wildman–Crippen MR) is 84.2 cm³/mol. The molecule has 0 unspecified atom stereocenters. The van der Waals surface area contributed by atoms with Crippen LogP contribution in [0.5, 0.6) is 0 Å². The Labute approximate surface area is 124 Å². The molecular formula is C18H17NO2. The van der Waals surface area contributed by atoms with Gasteiger partial charge in [0.25, 0.3) is 5.91 Å². The minimum atomic E-state index is -0.149. The molecule has 2 aromatic carbocycles. The zero-order chi connectivity index (χ0) is 15.1. The van der Waals surface area contributed by atoms with Crippen LogP contribution >= 0.6 is 0 Å². The molecule has 3 heteroatoms. The summed E-state index contributed by atoms with van der Waals surface area (Å²) in [5.74, 6) is 5.68. The quantitative estimate of drug-likeness (QED) is 0.849. The maximum atomic E-state index is 12.3. The van der Waals surface area contributed by atoms with Crippen LogP contribution in [0.3, 0.4) is 0 Å². The van der Waals surface area contributed by atoms with Gasteiger partial charge in [-0.1, -0.05) is 42.2 Å². The molecule has 0 aromatic heterocycles.